The van der Waals surface area contributed by atoms with Crippen molar-refractivity contribution in [3.8, 4) is 17.6 Å². The Balaban J connectivity index is 3.20. The van der Waals surface area contributed by atoms with Crippen LogP contribution in [-0.2, 0) is 0 Å². The lowest BCUT2D eigenvalue weighted by Crippen LogP contribution is -1.99. The van der Waals surface area contributed by atoms with Gasteiger partial charge in [0.2, 0.25) is 0 Å². The third kappa shape index (κ3) is 2.17. The standard InChI is InChI=1S/C10H10N2O3/c1-14-9-4-3-7(5-10(9)15-2)8(6-11)12-13/h3-5,13H,1-2H3/b12-8-. The second-order valence-corrected chi connectivity index (χ2v) is 2.63. The van der Waals surface area contributed by atoms with E-state index >= 15 is 0 Å². The van der Waals surface area contributed by atoms with E-state index in [9.17, 15) is 0 Å². The molecular weight excluding hydrogens is 196 g/mol. The smallest absolute Gasteiger partial charge is 0.186 e. The van der Waals surface area contributed by atoms with Gasteiger partial charge in [-0.15, -0.1) is 0 Å². The van der Waals surface area contributed by atoms with Crippen LogP contribution in [0.25, 0.3) is 0 Å². The van der Waals surface area contributed by atoms with E-state index in [0.717, 1.165) is 0 Å². The Labute approximate surface area is 87.2 Å². The predicted octanol–water partition coefficient (Wildman–Crippen LogP) is 1.41. The first-order chi connectivity index (χ1) is 7.26. The number of benzene rings is 1. The van der Waals surface area contributed by atoms with Gasteiger partial charge in [-0.2, -0.15) is 5.26 Å². The summed E-state index contributed by atoms with van der Waals surface area (Å²) in [6, 6.07) is 6.57. The maximum atomic E-state index is 8.66. The Bertz CT molecular complexity index is 421. The molecule has 0 saturated heterocycles. The average molecular weight is 206 g/mol. The lowest BCUT2D eigenvalue weighted by molar-refractivity contribution is 0.320. The third-order valence-electron chi connectivity index (χ3n) is 1.86. The topological polar surface area (TPSA) is 74.8 Å². The van der Waals surface area contributed by atoms with E-state index in [0.29, 0.717) is 17.1 Å². The van der Waals surface area contributed by atoms with Gasteiger partial charge in [-0.1, -0.05) is 5.16 Å². The van der Waals surface area contributed by atoms with Gasteiger partial charge in [-0.05, 0) is 18.2 Å². The van der Waals surface area contributed by atoms with Crippen molar-refractivity contribution in [2.75, 3.05) is 14.2 Å². The molecule has 0 aliphatic carbocycles. The minimum atomic E-state index is -0.0732. The van der Waals surface area contributed by atoms with E-state index < -0.39 is 0 Å². The molecule has 1 aromatic carbocycles. The number of ether oxygens (including phenoxy) is 2. The molecule has 15 heavy (non-hydrogen) atoms. The minimum Gasteiger partial charge on any atom is -0.493 e. The van der Waals surface area contributed by atoms with Crippen molar-refractivity contribution in [2.45, 2.75) is 0 Å². The van der Waals surface area contributed by atoms with Gasteiger partial charge in [-0.25, -0.2) is 0 Å². The van der Waals surface area contributed by atoms with Crippen LogP contribution in [0.5, 0.6) is 11.5 Å². The lowest BCUT2D eigenvalue weighted by Gasteiger charge is -2.07. The van der Waals surface area contributed by atoms with Crippen molar-refractivity contribution in [2.24, 2.45) is 5.16 Å². The molecule has 0 radical (unpaired) electrons. The second kappa shape index (κ2) is 4.86. The number of nitrogens with zero attached hydrogens (tertiary/aromatic N) is 2. The summed E-state index contributed by atoms with van der Waals surface area (Å²) in [4.78, 5) is 0. The molecule has 0 heterocycles. The zero-order valence-corrected chi connectivity index (χ0v) is 8.39. The van der Waals surface area contributed by atoms with Crippen LogP contribution in [0.3, 0.4) is 0 Å². The highest BCUT2D eigenvalue weighted by Crippen LogP contribution is 2.27. The van der Waals surface area contributed by atoms with Gasteiger partial charge in [0.1, 0.15) is 6.07 Å². The molecule has 1 N–H and O–H groups in total. The molecule has 0 saturated carbocycles. The summed E-state index contributed by atoms with van der Waals surface area (Å²) in [5.74, 6) is 1.03. The summed E-state index contributed by atoms with van der Waals surface area (Å²) in [7, 11) is 3.01. The van der Waals surface area contributed by atoms with Crippen LogP contribution in [0, 0.1) is 11.3 Å². The molecule has 0 aliphatic rings. The average Bonchev–Trinajstić information content (AvgIpc) is 2.30. The molecule has 0 amide bonds. The number of oxime groups is 1. The highest BCUT2D eigenvalue weighted by Gasteiger charge is 2.08. The molecule has 0 unspecified atom stereocenters. The van der Waals surface area contributed by atoms with Crippen LogP contribution in [0.2, 0.25) is 0 Å². The highest BCUT2D eigenvalue weighted by atomic mass is 16.5. The van der Waals surface area contributed by atoms with E-state index in [4.69, 9.17) is 19.9 Å². The largest absolute Gasteiger partial charge is 0.493 e. The Morgan fingerprint density at radius 2 is 2.00 bits per heavy atom. The Kier molecular flexibility index (Phi) is 3.52. The quantitative estimate of drug-likeness (QED) is 0.461. The zero-order valence-electron chi connectivity index (χ0n) is 8.39. The maximum Gasteiger partial charge on any atom is 0.186 e. The van der Waals surface area contributed by atoms with Gasteiger partial charge >= 0.3 is 0 Å². The Hall–Kier alpha value is -2.22. The number of hydrogen-bond donors (Lipinski definition) is 1. The molecule has 1 aromatic rings. The SMILES string of the molecule is COc1ccc(/C(C#N)=N\O)cc1OC. The van der Waals surface area contributed by atoms with Crippen molar-refractivity contribution >= 4 is 5.71 Å². The summed E-state index contributed by atoms with van der Waals surface area (Å²) in [5.41, 5.74) is 0.397. The van der Waals surface area contributed by atoms with Crippen molar-refractivity contribution in [1.29, 1.82) is 5.26 Å². The van der Waals surface area contributed by atoms with Crippen LogP contribution in [-0.4, -0.2) is 25.1 Å². The Morgan fingerprint density at radius 3 is 2.47 bits per heavy atom. The molecule has 0 spiro atoms. The van der Waals surface area contributed by atoms with E-state index in [1.165, 1.54) is 14.2 Å². The molecule has 0 aliphatic heterocycles. The van der Waals surface area contributed by atoms with Crippen molar-refractivity contribution in [3.63, 3.8) is 0 Å². The fourth-order valence-corrected chi connectivity index (χ4v) is 1.13. The minimum absolute atomic E-state index is 0.0732. The third-order valence-corrected chi connectivity index (χ3v) is 1.86. The lowest BCUT2D eigenvalue weighted by atomic mass is 10.1. The second-order valence-electron chi connectivity index (χ2n) is 2.63. The van der Waals surface area contributed by atoms with Crippen LogP contribution in [0.4, 0.5) is 0 Å². The first-order valence-electron chi connectivity index (χ1n) is 4.11. The fraction of sp³-hybridized carbons (Fsp3) is 0.200. The predicted molar refractivity (Wildman–Crippen MR) is 53.5 cm³/mol. The van der Waals surface area contributed by atoms with Gasteiger partial charge in [-0.3, -0.25) is 0 Å². The molecular formula is C10H10N2O3. The first-order valence-corrected chi connectivity index (χ1v) is 4.11. The highest BCUT2D eigenvalue weighted by molar-refractivity contribution is 6.11. The molecule has 5 nitrogen and oxygen atoms in total. The molecule has 5 heteroatoms. The van der Waals surface area contributed by atoms with Crippen molar-refractivity contribution < 1.29 is 14.7 Å². The summed E-state index contributed by atoms with van der Waals surface area (Å²) < 4.78 is 10.1. The van der Waals surface area contributed by atoms with E-state index in [2.05, 4.69) is 5.16 Å². The first kappa shape index (κ1) is 10.9. The van der Waals surface area contributed by atoms with Crippen molar-refractivity contribution in [1.82, 2.24) is 0 Å². The molecule has 0 atom stereocenters. The number of nitriles is 1. The van der Waals surface area contributed by atoms with Gasteiger partial charge in [0.25, 0.3) is 0 Å². The van der Waals surface area contributed by atoms with Gasteiger partial charge in [0, 0.05) is 5.56 Å². The van der Waals surface area contributed by atoms with Gasteiger partial charge in [0.15, 0.2) is 17.2 Å². The van der Waals surface area contributed by atoms with E-state index in [1.807, 2.05) is 0 Å². The summed E-state index contributed by atoms with van der Waals surface area (Å²) in [6.07, 6.45) is 0. The van der Waals surface area contributed by atoms with E-state index in [-0.39, 0.29) is 5.71 Å². The number of rotatable bonds is 3. The molecule has 78 valence electrons. The monoisotopic (exact) mass is 206 g/mol. The molecule has 0 aromatic heterocycles. The zero-order chi connectivity index (χ0) is 11.3. The van der Waals surface area contributed by atoms with Gasteiger partial charge < -0.3 is 14.7 Å². The molecule has 0 fully saturated rings. The number of methoxy groups -OCH3 is 2. The fourth-order valence-electron chi connectivity index (χ4n) is 1.13. The van der Waals surface area contributed by atoms with Crippen LogP contribution in [0.1, 0.15) is 5.56 Å². The normalized spacial score (nSPS) is 10.6. The summed E-state index contributed by atoms with van der Waals surface area (Å²) in [6.45, 7) is 0. The number of hydrogen-bond acceptors (Lipinski definition) is 5. The van der Waals surface area contributed by atoms with Crippen LogP contribution in [0.15, 0.2) is 23.4 Å². The molecule has 0 bridgehead atoms. The van der Waals surface area contributed by atoms with Crippen molar-refractivity contribution in [3.05, 3.63) is 23.8 Å². The van der Waals surface area contributed by atoms with Crippen LogP contribution < -0.4 is 9.47 Å². The Morgan fingerprint density at radius 1 is 1.33 bits per heavy atom. The van der Waals surface area contributed by atoms with E-state index in [1.54, 1.807) is 24.3 Å². The van der Waals surface area contributed by atoms with Gasteiger partial charge in [0.05, 0.1) is 14.2 Å². The van der Waals surface area contributed by atoms with Crippen LogP contribution >= 0.6 is 0 Å². The molecule has 1 rings (SSSR count). The summed E-state index contributed by atoms with van der Waals surface area (Å²) >= 11 is 0. The maximum absolute atomic E-state index is 8.66. The summed E-state index contributed by atoms with van der Waals surface area (Å²) in [5, 5.41) is 20.1.